The van der Waals surface area contributed by atoms with Crippen molar-refractivity contribution in [1.82, 2.24) is 0 Å². The van der Waals surface area contributed by atoms with Crippen LogP contribution < -0.4 is 19.6 Å². The summed E-state index contributed by atoms with van der Waals surface area (Å²) in [5.74, 6) is 0.213. The lowest BCUT2D eigenvalue weighted by atomic mass is 10.1. The molecule has 0 spiro atoms. The molecule has 0 radical (unpaired) electrons. The van der Waals surface area contributed by atoms with Crippen molar-refractivity contribution in [2.24, 2.45) is 0 Å². The van der Waals surface area contributed by atoms with Gasteiger partial charge in [0, 0.05) is 22.9 Å². The molecule has 0 amide bonds. The number of ether oxygens (including phenoxy) is 2. The number of benzene rings is 3. The highest BCUT2D eigenvalue weighted by Crippen LogP contribution is 2.38. The summed E-state index contributed by atoms with van der Waals surface area (Å²) < 4.78 is 44.2. The molecule has 12 heteroatoms. The molecule has 1 aliphatic heterocycles. The molecular weight excluding hydrogens is 480 g/mol. The third kappa shape index (κ3) is 3.89. The quantitative estimate of drug-likeness (QED) is 0.308. The summed E-state index contributed by atoms with van der Waals surface area (Å²) in [4.78, 5) is 23.1. The maximum atomic E-state index is 12.9. The van der Waals surface area contributed by atoms with Gasteiger partial charge in [0.25, 0.3) is 15.7 Å². The number of sulfonamides is 1. The number of rotatable bonds is 5. The van der Waals surface area contributed by atoms with Crippen molar-refractivity contribution in [3.63, 3.8) is 0 Å². The van der Waals surface area contributed by atoms with E-state index in [0.29, 0.717) is 22.6 Å². The second-order valence-corrected chi connectivity index (χ2v) is 9.38. The van der Waals surface area contributed by atoms with Crippen LogP contribution in [0, 0.1) is 17.0 Å². The largest absolute Gasteiger partial charge is 0.502 e. The van der Waals surface area contributed by atoms with Crippen LogP contribution in [0.25, 0.3) is 22.3 Å². The van der Waals surface area contributed by atoms with Crippen LogP contribution in [0.5, 0.6) is 17.2 Å². The standard InChI is InChI=1S/C23H16N2O9S/c1-12-2-5-15(10-17(12)25(28)29)35(30,31)24-14-4-7-18-16(9-14)21(26)22(27)23(34-18)13-3-6-19-20(8-13)33-11-32-19/h2-10,24,27H,11H2,1H3. The van der Waals surface area contributed by atoms with E-state index in [1.54, 1.807) is 18.2 Å². The number of hydrogen-bond acceptors (Lipinski definition) is 9. The van der Waals surface area contributed by atoms with Gasteiger partial charge < -0.3 is 19.0 Å². The number of aryl methyl sites for hydroxylation is 1. The Balaban J connectivity index is 1.52. The van der Waals surface area contributed by atoms with Gasteiger partial charge in [0.05, 0.1) is 15.2 Å². The van der Waals surface area contributed by atoms with E-state index < -0.39 is 26.1 Å². The molecule has 3 aromatic carbocycles. The SMILES string of the molecule is Cc1ccc(S(=O)(=O)Nc2ccc3oc(-c4ccc5c(c4)OCO5)c(O)c(=O)c3c2)cc1[N+](=O)[O-]. The number of hydrogen-bond donors (Lipinski definition) is 2. The van der Waals surface area contributed by atoms with E-state index in [-0.39, 0.29) is 39.8 Å². The minimum Gasteiger partial charge on any atom is -0.502 e. The molecule has 4 aromatic rings. The summed E-state index contributed by atoms with van der Waals surface area (Å²) in [6.45, 7) is 1.55. The van der Waals surface area contributed by atoms with Crippen LogP contribution in [0.2, 0.25) is 0 Å². The fourth-order valence-corrected chi connectivity index (χ4v) is 4.72. The van der Waals surface area contributed by atoms with Gasteiger partial charge in [-0.1, -0.05) is 6.07 Å². The van der Waals surface area contributed by atoms with Crippen LogP contribution >= 0.6 is 0 Å². The first-order valence-electron chi connectivity index (χ1n) is 10.1. The molecule has 0 fully saturated rings. The topological polar surface area (TPSA) is 158 Å². The van der Waals surface area contributed by atoms with Crippen molar-refractivity contribution in [3.8, 4) is 28.6 Å². The predicted octanol–water partition coefficient (Wildman–Crippen LogP) is 3.91. The predicted molar refractivity (Wildman–Crippen MR) is 124 cm³/mol. The Labute approximate surface area is 197 Å². The number of nitrogens with zero attached hydrogens (tertiary/aromatic N) is 1. The Kier molecular flexibility index (Phi) is 5.09. The summed E-state index contributed by atoms with van der Waals surface area (Å²) in [5, 5.41) is 21.6. The van der Waals surface area contributed by atoms with Gasteiger partial charge in [0.1, 0.15) is 5.58 Å². The first-order valence-corrected chi connectivity index (χ1v) is 11.6. The van der Waals surface area contributed by atoms with Gasteiger partial charge in [0.15, 0.2) is 17.3 Å². The van der Waals surface area contributed by atoms with Crippen LogP contribution in [-0.2, 0) is 10.0 Å². The van der Waals surface area contributed by atoms with E-state index in [0.717, 1.165) is 6.07 Å². The molecule has 35 heavy (non-hydrogen) atoms. The van der Waals surface area contributed by atoms with Crippen molar-refractivity contribution < 1.29 is 32.3 Å². The van der Waals surface area contributed by atoms with E-state index in [1.807, 2.05) is 0 Å². The molecule has 0 unspecified atom stereocenters. The summed E-state index contributed by atoms with van der Waals surface area (Å²) in [6.07, 6.45) is 0. The van der Waals surface area contributed by atoms with Crippen LogP contribution in [0.1, 0.15) is 5.56 Å². The second-order valence-electron chi connectivity index (χ2n) is 7.70. The molecule has 2 N–H and O–H groups in total. The summed E-state index contributed by atoms with van der Waals surface area (Å²) >= 11 is 0. The first kappa shape index (κ1) is 22.2. The molecule has 11 nitrogen and oxygen atoms in total. The van der Waals surface area contributed by atoms with Crippen molar-refractivity contribution in [3.05, 3.63) is 80.5 Å². The summed E-state index contributed by atoms with van der Waals surface area (Å²) in [5.41, 5.74) is -0.306. The Morgan fingerprint density at radius 3 is 2.57 bits per heavy atom. The zero-order chi connectivity index (χ0) is 24.9. The van der Waals surface area contributed by atoms with Gasteiger partial charge in [0.2, 0.25) is 18.0 Å². The Morgan fingerprint density at radius 2 is 1.80 bits per heavy atom. The maximum absolute atomic E-state index is 12.9. The minimum absolute atomic E-state index is 0.00302. The monoisotopic (exact) mass is 496 g/mol. The van der Waals surface area contributed by atoms with Gasteiger partial charge in [-0.15, -0.1) is 0 Å². The molecule has 0 atom stereocenters. The third-order valence-corrected chi connectivity index (χ3v) is 6.82. The molecule has 0 saturated carbocycles. The molecular formula is C23H16N2O9S. The average molecular weight is 496 g/mol. The molecule has 5 rings (SSSR count). The van der Waals surface area contributed by atoms with Gasteiger partial charge in [-0.05, 0) is 49.4 Å². The lowest BCUT2D eigenvalue weighted by Gasteiger charge is -2.11. The highest BCUT2D eigenvalue weighted by atomic mass is 32.2. The van der Waals surface area contributed by atoms with E-state index in [4.69, 9.17) is 13.9 Å². The van der Waals surface area contributed by atoms with Gasteiger partial charge in [-0.2, -0.15) is 0 Å². The number of nitro groups is 1. The van der Waals surface area contributed by atoms with Crippen LogP contribution in [-0.4, -0.2) is 25.2 Å². The molecule has 0 aliphatic carbocycles. The van der Waals surface area contributed by atoms with Crippen molar-refractivity contribution in [1.29, 1.82) is 0 Å². The zero-order valence-electron chi connectivity index (χ0n) is 18.0. The van der Waals surface area contributed by atoms with E-state index >= 15 is 0 Å². The normalized spacial score (nSPS) is 12.6. The fourth-order valence-electron chi connectivity index (χ4n) is 3.65. The smallest absolute Gasteiger partial charge is 0.273 e. The lowest BCUT2D eigenvalue weighted by molar-refractivity contribution is -0.385. The van der Waals surface area contributed by atoms with Gasteiger partial charge >= 0.3 is 0 Å². The van der Waals surface area contributed by atoms with Crippen molar-refractivity contribution in [2.75, 3.05) is 11.5 Å². The first-order chi connectivity index (χ1) is 16.6. The molecule has 2 heterocycles. The van der Waals surface area contributed by atoms with Crippen LogP contribution in [0.4, 0.5) is 11.4 Å². The fraction of sp³-hybridized carbons (Fsp3) is 0.0870. The molecule has 1 aliphatic rings. The van der Waals surface area contributed by atoms with Crippen LogP contribution in [0.3, 0.4) is 0 Å². The number of anilines is 1. The highest BCUT2D eigenvalue weighted by Gasteiger charge is 2.22. The Morgan fingerprint density at radius 1 is 1.03 bits per heavy atom. The summed E-state index contributed by atoms with van der Waals surface area (Å²) in [7, 11) is -4.21. The average Bonchev–Trinajstić information content (AvgIpc) is 3.29. The number of fused-ring (bicyclic) bond motifs is 2. The van der Waals surface area contributed by atoms with Crippen LogP contribution in [0.15, 0.2) is 68.7 Å². The van der Waals surface area contributed by atoms with Gasteiger partial charge in [-0.25, -0.2) is 8.42 Å². The van der Waals surface area contributed by atoms with E-state index in [2.05, 4.69) is 4.72 Å². The number of nitro benzene ring substituents is 1. The molecule has 178 valence electrons. The number of aromatic hydroxyl groups is 1. The Bertz CT molecular complexity index is 1690. The summed E-state index contributed by atoms with van der Waals surface area (Å²) in [6, 6.07) is 12.3. The van der Waals surface area contributed by atoms with Gasteiger partial charge in [-0.3, -0.25) is 19.6 Å². The highest BCUT2D eigenvalue weighted by molar-refractivity contribution is 7.92. The van der Waals surface area contributed by atoms with Crippen molar-refractivity contribution >= 4 is 32.4 Å². The maximum Gasteiger partial charge on any atom is 0.273 e. The third-order valence-electron chi connectivity index (χ3n) is 5.44. The number of nitrogens with one attached hydrogen (secondary N) is 1. The lowest BCUT2D eigenvalue weighted by Crippen LogP contribution is -2.14. The molecule has 0 saturated heterocycles. The molecule has 0 bridgehead atoms. The molecule has 1 aromatic heterocycles. The van der Waals surface area contributed by atoms with E-state index in [1.165, 1.54) is 37.3 Å². The second kappa shape index (κ2) is 8.02. The zero-order valence-corrected chi connectivity index (χ0v) is 18.8. The minimum atomic E-state index is -4.21. The van der Waals surface area contributed by atoms with E-state index in [9.17, 15) is 28.4 Å². The van der Waals surface area contributed by atoms with Crippen molar-refractivity contribution in [2.45, 2.75) is 11.8 Å². The Hall–Kier alpha value is -4.58.